The van der Waals surface area contributed by atoms with Gasteiger partial charge in [0.25, 0.3) is 0 Å². The van der Waals surface area contributed by atoms with Crippen molar-refractivity contribution in [3.8, 4) is 0 Å². The summed E-state index contributed by atoms with van der Waals surface area (Å²) in [5.74, 6) is 0. The molecule has 0 bridgehead atoms. The summed E-state index contributed by atoms with van der Waals surface area (Å²) in [7, 11) is -5.39. The Morgan fingerprint density at radius 2 is 1.64 bits per heavy atom. The largest absolute Gasteiger partial charge is 0.822 e. The van der Waals surface area contributed by atoms with Crippen LogP contribution in [0.5, 0.6) is 0 Å². The lowest BCUT2D eigenvalue weighted by molar-refractivity contribution is -0.432. The van der Waals surface area contributed by atoms with Crippen LogP contribution in [0.4, 0.5) is 0 Å². The van der Waals surface area contributed by atoms with Gasteiger partial charge in [0.15, 0.2) is 0 Å². The van der Waals surface area contributed by atoms with Crippen LogP contribution in [0.1, 0.15) is 27.2 Å². The second-order valence-electron chi connectivity index (χ2n) is 2.14. The fourth-order valence-corrected chi connectivity index (χ4v) is 0.408. The molecule has 4 nitrogen and oxygen atoms in total. The molecule has 0 spiro atoms. The molecule has 0 aromatic carbocycles. The van der Waals surface area contributed by atoms with E-state index in [1.54, 1.807) is 0 Å². The van der Waals surface area contributed by atoms with Gasteiger partial charge >= 0.3 is 0 Å². The molecule has 0 N–H and O–H groups in total. The molecule has 0 rings (SSSR count). The molecule has 0 saturated carbocycles. The molecule has 0 unspecified atom stereocenters. The Morgan fingerprint density at radius 3 is 1.64 bits per heavy atom. The minimum absolute atomic E-state index is 1.17. The lowest BCUT2D eigenvalue weighted by Crippen LogP contribution is -2.24. The van der Waals surface area contributed by atoms with Crippen molar-refractivity contribution in [1.82, 2.24) is 0 Å². The monoisotopic (exact) mass is 179 g/mol. The highest BCUT2D eigenvalue weighted by molar-refractivity contribution is 7.40. The van der Waals surface area contributed by atoms with Gasteiger partial charge in [0, 0.05) is 0 Å². The van der Waals surface area contributed by atoms with E-state index in [0.29, 0.717) is 0 Å². The van der Waals surface area contributed by atoms with E-state index in [-0.39, 0.29) is 0 Å². The standard InChI is InChI=1S/C6H12.H3O4P/c1-4-5-6(2)3;1-5(2,3)4/h5H,4H2,1-3H3;(H3,1,2,3,4)/p-3. The van der Waals surface area contributed by atoms with Crippen LogP contribution >= 0.6 is 7.82 Å². The molecule has 0 aliphatic heterocycles. The van der Waals surface area contributed by atoms with Gasteiger partial charge < -0.3 is 19.2 Å². The highest BCUT2D eigenvalue weighted by atomic mass is 31.2. The van der Waals surface area contributed by atoms with Gasteiger partial charge in [-0.15, -0.1) is 0 Å². The molecule has 0 atom stereocenters. The molecule has 68 valence electrons. The lowest BCUT2D eigenvalue weighted by atomic mass is 10.3. The van der Waals surface area contributed by atoms with Gasteiger partial charge in [0.1, 0.15) is 0 Å². The van der Waals surface area contributed by atoms with Crippen LogP contribution in [0.2, 0.25) is 0 Å². The van der Waals surface area contributed by atoms with Crippen molar-refractivity contribution in [3.63, 3.8) is 0 Å². The topological polar surface area (TPSA) is 86.2 Å². The Labute approximate surface area is 66.8 Å². The maximum atomic E-state index is 8.55. The van der Waals surface area contributed by atoms with Gasteiger partial charge in [-0.2, -0.15) is 7.82 Å². The summed E-state index contributed by atoms with van der Waals surface area (Å²) in [6.45, 7) is 6.38. The van der Waals surface area contributed by atoms with E-state index in [4.69, 9.17) is 19.2 Å². The Morgan fingerprint density at radius 1 is 1.36 bits per heavy atom. The van der Waals surface area contributed by atoms with Crippen LogP contribution in [-0.4, -0.2) is 0 Å². The summed E-state index contributed by atoms with van der Waals surface area (Å²) < 4.78 is 8.55. The first kappa shape index (κ1) is 13.4. The van der Waals surface area contributed by atoms with Crippen LogP contribution in [0, 0.1) is 0 Å². The SMILES string of the molecule is CCC=C(C)C.O=P([O-])([O-])[O-]. The van der Waals surface area contributed by atoms with Crippen LogP contribution in [0.25, 0.3) is 0 Å². The first-order valence-corrected chi connectivity index (χ1v) is 4.59. The minimum Gasteiger partial charge on any atom is -0.822 e. The molecule has 11 heavy (non-hydrogen) atoms. The maximum absolute atomic E-state index is 8.55. The first-order valence-electron chi connectivity index (χ1n) is 3.13. The van der Waals surface area contributed by atoms with Gasteiger partial charge in [-0.3, -0.25) is 0 Å². The van der Waals surface area contributed by atoms with Gasteiger partial charge in [0.2, 0.25) is 0 Å². The maximum Gasteiger partial charge on any atom is -0.0377 e. The Kier molecular flexibility index (Phi) is 8.01. The molecule has 0 saturated heterocycles. The lowest BCUT2D eigenvalue weighted by Gasteiger charge is -2.36. The summed E-state index contributed by atoms with van der Waals surface area (Å²) >= 11 is 0. The minimum atomic E-state index is -5.39. The van der Waals surface area contributed by atoms with Crippen molar-refractivity contribution in [2.24, 2.45) is 0 Å². The number of phosphoric acid groups is 1. The highest BCUT2D eigenvalue weighted by Gasteiger charge is 1.67. The molecule has 0 amide bonds. The second kappa shape index (κ2) is 6.55. The van der Waals surface area contributed by atoms with Crippen LogP contribution in [-0.2, 0) is 4.57 Å². The summed E-state index contributed by atoms with van der Waals surface area (Å²) in [4.78, 5) is 25.6. The smallest absolute Gasteiger partial charge is 0.0377 e. The third-order valence-corrected chi connectivity index (χ3v) is 0.612. The highest BCUT2D eigenvalue weighted by Crippen LogP contribution is 2.03. The van der Waals surface area contributed by atoms with E-state index in [9.17, 15) is 0 Å². The summed E-state index contributed by atoms with van der Waals surface area (Å²) in [5.41, 5.74) is 1.41. The van der Waals surface area contributed by atoms with Crippen molar-refractivity contribution < 1.29 is 19.2 Å². The van der Waals surface area contributed by atoms with E-state index < -0.39 is 7.82 Å². The number of rotatable bonds is 1. The van der Waals surface area contributed by atoms with E-state index in [1.165, 1.54) is 12.0 Å². The fourth-order valence-electron chi connectivity index (χ4n) is 0.408. The van der Waals surface area contributed by atoms with E-state index >= 15 is 0 Å². The molecule has 0 aliphatic carbocycles. The van der Waals surface area contributed by atoms with Gasteiger partial charge in [-0.05, 0) is 20.3 Å². The van der Waals surface area contributed by atoms with E-state index in [1.807, 2.05) is 0 Å². The Bertz CT molecular complexity index is 146. The third-order valence-electron chi connectivity index (χ3n) is 0.612. The molecule has 0 aliphatic rings. The summed E-state index contributed by atoms with van der Waals surface area (Å²) in [6, 6.07) is 0. The average molecular weight is 179 g/mol. The molecule has 0 aromatic rings. The predicted molar refractivity (Wildman–Crippen MR) is 37.3 cm³/mol. The quantitative estimate of drug-likeness (QED) is 0.402. The van der Waals surface area contributed by atoms with Crippen molar-refractivity contribution in [2.45, 2.75) is 27.2 Å². The van der Waals surface area contributed by atoms with Crippen molar-refractivity contribution in [2.75, 3.05) is 0 Å². The van der Waals surface area contributed by atoms with Crippen molar-refractivity contribution >= 4 is 7.82 Å². The normalized spacial score (nSPS) is 9.64. The Hall–Kier alpha value is -0.150. The number of hydrogen-bond donors (Lipinski definition) is 0. The molecule has 0 heterocycles. The van der Waals surface area contributed by atoms with Crippen LogP contribution in [0.15, 0.2) is 11.6 Å². The first-order chi connectivity index (χ1) is 4.77. The van der Waals surface area contributed by atoms with Crippen molar-refractivity contribution in [3.05, 3.63) is 11.6 Å². The summed E-state index contributed by atoms with van der Waals surface area (Å²) in [6.07, 6.45) is 3.38. The number of hydrogen-bond acceptors (Lipinski definition) is 4. The van der Waals surface area contributed by atoms with E-state index in [2.05, 4.69) is 26.8 Å². The third kappa shape index (κ3) is 74.7. The molecule has 0 fully saturated rings. The number of allylic oxidation sites excluding steroid dienone is 2. The molecular formula is C6H12O4P-3. The molecule has 0 radical (unpaired) electrons. The summed E-state index contributed by atoms with van der Waals surface area (Å²) in [5, 5.41) is 0. The van der Waals surface area contributed by atoms with Crippen LogP contribution < -0.4 is 14.7 Å². The second-order valence-corrected chi connectivity index (χ2v) is 3.03. The van der Waals surface area contributed by atoms with Crippen molar-refractivity contribution in [1.29, 1.82) is 0 Å². The predicted octanol–water partition coefficient (Wildman–Crippen LogP) is -0.462. The molecule has 5 heteroatoms. The fraction of sp³-hybridized carbons (Fsp3) is 0.667. The zero-order valence-electron chi connectivity index (χ0n) is 6.86. The average Bonchev–Trinajstić information content (AvgIpc) is 1.58. The molecular weight excluding hydrogens is 167 g/mol. The van der Waals surface area contributed by atoms with Gasteiger partial charge in [0.05, 0.1) is 0 Å². The Balaban J connectivity index is 0. The van der Waals surface area contributed by atoms with Gasteiger partial charge in [-0.1, -0.05) is 18.6 Å². The van der Waals surface area contributed by atoms with Gasteiger partial charge in [-0.25, -0.2) is 0 Å². The zero-order chi connectivity index (χ0) is 9.49. The zero-order valence-corrected chi connectivity index (χ0v) is 7.76. The van der Waals surface area contributed by atoms with Crippen LogP contribution in [0.3, 0.4) is 0 Å². The van der Waals surface area contributed by atoms with E-state index in [0.717, 1.165) is 0 Å². The molecule has 0 aromatic heterocycles.